The third-order valence-electron chi connectivity index (χ3n) is 4.22. The van der Waals surface area contributed by atoms with E-state index in [0.717, 1.165) is 23.4 Å². The molecule has 1 aliphatic rings. The van der Waals surface area contributed by atoms with Gasteiger partial charge in [-0.1, -0.05) is 19.1 Å². The van der Waals surface area contributed by atoms with Crippen molar-refractivity contribution in [1.29, 1.82) is 0 Å². The minimum Gasteiger partial charge on any atom is -0.335 e. The van der Waals surface area contributed by atoms with Gasteiger partial charge in [0.15, 0.2) is 0 Å². The van der Waals surface area contributed by atoms with Crippen LogP contribution in [0.1, 0.15) is 24.9 Å². The van der Waals surface area contributed by atoms with Crippen LogP contribution in [0.15, 0.2) is 53.7 Å². The molecule has 3 nitrogen and oxygen atoms in total. The zero-order valence-corrected chi connectivity index (χ0v) is 13.8. The SMILES string of the molecule is CC1CCN(C(=O)CSc2ccncc2)C1c1cccc(F)c1. The smallest absolute Gasteiger partial charge is 0.233 e. The van der Waals surface area contributed by atoms with Crippen LogP contribution >= 0.6 is 11.8 Å². The van der Waals surface area contributed by atoms with E-state index in [-0.39, 0.29) is 17.8 Å². The lowest BCUT2D eigenvalue weighted by molar-refractivity contribution is -0.129. The number of nitrogens with zero attached hydrogens (tertiary/aromatic N) is 2. The molecule has 0 aliphatic carbocycles. The maximum Gasteiger partial charge on any atom is 0.233 e. The van der Waals surface area contributed by atoms with E-state index in [2.05, 4.69) is 11.9 Å². The minimum atomic E-state index is -0.250. The van der Waals surface area contributed by atoms with Crippen molar-refractivity contribution >= 4 is 17.7 Å². The maximum atomic E-state index is 13.5. The second-order valence-electron chi connectivity index (χ2n) is 5.82. The van der Waals surface area contributed by atoms with Gasteiger partial charge in [0.05, 0.1) is 11.8 Å². The molecule has 1 saturated heterocycles. The molecular formula is C18H19FN2OS. The third kappa shape index (κ3) is 3.72. The van der Waals surface area contributed by atoms with E-state index in [1.54, 1.807) is 24.5 Å². The van der Waals surface area contributed by atoms with Gasteiger partial charge in [-0.05, 0) is 42.2 Å². The number of halogens is 1. The van der Waals surface area contributed by atoms with E-state index in [0.29, 0.717) is 11.7 Å². The predicted molar refractivity (Wildman–Crippen MR) is 89.6 cm³/mol. The molecule has 0 saturated carbocycles. The summed E-state index contributed by atoms with van der Waals surface area (Å²) < 4.78 is 13.5. The second kappa shape index (κ2) is 7.13. The Morgan fingerprint density at radius 3 is 2.87 bits per heavy atom. The number of hydrogen-bond donors (Lipinski definition) is 0. The topological polar surface area (TPSA) is 33.2 Å². The molecule has 1 amide bonds. The van der Waals surface area contributed by atoms with Gasteiger partial charge in [0, 0.05) is 23.8 Å². The molecule has 1 aromatic heterocycles. The Morgan fingerprint density at radius 2 is 2.13 bits per heavy atom. The molecule has 1 fully saturated rings. The van der Waals surface area contributed by atoms with Gasteiger partial charge in [0.25, 0.3) is 0 Å². The summed E-state index contributed by atoms with van der Waals surface area (Å²) in [7, 11) is 0. The van der Waals surface area contributed by atoms with Crippen LogP contribution in [0.5, 0.6) is 0 Å². The number of hydrogen-bond acceptors (Lipinski definition) is 3. The van der Waals surface area contributed by atoms with E-state index in [1.807, 2.05) is 23.1 Å². The molecule has 1 aliphatic heterocycles. The number of amides is 1. The van der Waals surface area contributed by atoms with E-state index in [9.17, 15) is 9.18 Å². The van der Waals surface area contributed by atoms with Crippen molar-refractivity contribution in [3.63, 3.8) is 0 Å². The first kappa shape index (κ1) is 16.0. The first-order chi connectivity index (χ1) is 11.1. The number of thioether (sulfide) groups is 1. The van der Waals surface area contributed by atoms with Crippen molar-refractivity contribution in [3.8, 4) is 0 Å². The number of benzene rings is 1. The van der Waals surface area contributed by atoms with Crippen LogP contribution in [0.4, 0.5) is 4.39 Å². The Labute approximate surface area is 139 Å². The molecule has 120 valence electrons. The van der Waals surface area contributed by atoms with Crippen molar-refractivity contribution in [1.82, 2.24) is 9.88 Å². The molecule has 23 heavy (non-hydrogen) atoms. The number of aromatic nitrogens is 1. The summed E-state index contributed by atoms with van der Waals surface area (Å²) in [5.41, 5.74) is 0.886. The number of likely N-dealkylation sites (tertiary alicyclic amines) is 1. The number of pyridine rings is 1. The highest BCUT2D eigenvalue weighted by Gasteiger charge is 2.35. The standard InChI is InChI=1S/C18H19FN2OS/c1-13-7-10-21(18(13)14-3-2-4-15(19)11-14)17(22)12-23-16-5-8-20-9-6-16/h2-6,8-9,11,13,18H,7,10,12H2,1H3. The van der Waals surface area contributed by atoms with Gasteiger partial charge in [0.2, 0.25) is 5.91 Å². The Kier molecular flexibility index (Phi) is 4.96. The van der Waals surface area contributed by atoms with Crippen LogP contribution in [0.2, 0.25) is 0 Å². The lowest BCUT2D eigenvalue weighted by Crippen LogP contribution is -2.33. The van der Waals surface area contributed by atoms with Gasteiger partial charge in [0.1, 0.15) is 5.82 Å². The lowest BCUT2D eigenvalue weighted by Gasteiger charge is -2.27. The second-order valence-corrected chi connectivity index (χ2v) is 6.87. The molecule has 0 radical (unpaired) electrons. The van der Waals surface area contributed by atoms with Crippen LogP contribution in [-0.4, -0.2) is 28.1 Å². The average molecular weight is 330 g/mol. The van der Waals surface area contributed by atoms with Crippen LogP contribution in [0.3, 0.4) is 0 Å². The maximum absolute atomic E-state index is 13.5. The van der Waals surface area contributed by atoms with Gasteiger partial charge in [-0.2, -0.15) is 0 Å². The Balaban J connectivity index is 1.71. The summed E-state index contributed by atoms with van der Waals surface area (Å²) in [6, 6.07) is 10.4. The molecule has 0 spiro atoms. The molecule has 5 heteroatoms. The monoisotopic (exact) mass is 330 g/mol. The third-order valence-corrected chi connectivity index (χ3v) is 5.22. The molecule has 2 atom stereocenters. The minimum absolute atomic E-state index is 0.0313. The summed E-state index contributed by atoms with van der Waals surface area (Å²) in [6.45, 7) is 2.86. The largest absolute Gasteiger partial charge is 0.335 e. The van der Waals surface area contributed by atoms with Crippen LogP contribution in [0.25, 0.3) is 0 Å². The van der Waals surface area contributed by atoms with Gasteiger partial charge in [-0.25, -0.2) is 4.39 Å². The van der Waals surface area contributed by atoms with Crippen molar-refractivity contribution < 1.29 is 9.18 Å². The number of carbonyl (C=O) groups excluding carboxylic acids is 1. The highest BCUT2D eigenvalue weighted by Crippen LogP contribution is 2.37. The zero-order chi connectivity index (χ0) is 16.2. The fourth-order valence-electron chi connectivity index (χ4n) is 3.09. The Bertz CT molecular complexity index is 680. The lowest BCUT2D eigenvalue weighted by atomic mass is 9.95. The van der Waals surface area contributed by atoms with Gasteiger partial charge >= 0.3 is 0 Å². The zero-order valence-electron chi connectivity index (χ0n) is 13.0. The predicted octanol–water partition coefficient (Wildman–Crippen LogP) is 3.92. The first-order valence-electron chi connectivity index (χ1n) is 7.73. The molecule has 3 rings (SSSR count). The van der Waals surface area contributed by atoms with Crippen molar-refractivity contribution in [2.24, 2.45) is 5.92 Å². The molecule has 0 N–H and O–H groups in total. The molecular weight excluding hydrogens is 311 g/mol. The molecule has 0 bridgehead atoms. The Morgan fingerprint density at radius 1 is 1.35 bits per heavy atom. The van der Waals surface area contributed by atoms with Crippen LogP contribution < -0.4 is 0 Å². The van der Waals surface area contributed by atoms with E-state index >= 15 is 0 Å². The summed E-state index contributed by atoms with van der Waals surface area (Å²) >= 11 is 1.51. The normalized spacial score (nSPS) is 20.7. The van der Waals surface area contributed by atoms with Gasteiger partial charge in [-0.15, -0.1) is 11.8 Å². The molecule has 2 aromatic rings. The molecule has 2 unspecified atom stereocenters. The van der Waals surface area contributed by atoms with Crippen molar-refractivity contribution in [3.05, 3.63) is 60.2 Å². The number of rotatable bonds is 4. The summed E-state index contributed by atoms with van der Waals surface area (Å²) in [5, 5.41) is 0. The van der Waals surface area contributed by atoms with E-state index in [1.165, 1.54) is 17.8 Å². The van der Waals surface area contributed by atoms with Gasteiger partial charge < -0.3 is 4.90 Å². The summed E-state index contributed by atoms with van der Waals surface area (Å²) in [5.74, 6) is 0.583. The fraction of sp³-hybridized carbons (Fsp3) is 0.333. The fourth-order valence-corrected chi connectivity index (χ4v) is 3.86. The van der Waals surface area contributed by atoms with Crippen molar-refractivity contribution in [2.45, 2.75) is 24.3 Å². The highest BCUT2D eigenvalue weighted by molar-refractivity contribution is 8.00. The Hall–Kier alpha value is -1.88. The quantitative estimate of drug-likeness (QED) is 0.797. The number of carbonyl (C=O) groups is 1. The first-order valence-corrected chi connectivity index (χ1v) is 8.71. The molecule has 2 heterocycles. The average Bonchev–Trinajstić information content (AvgIpc) is 2.95. The summed E-state index contributed by atoms with van der Waals surface area (Å²) in [6.07, 6.45) is 4.40. The molecule has 1 aromatic carbocycles. The van der Waals surface area contributed by atoms with Gasteiger partial charge in [-0.3, -0.25) is 9.78 Å². The summed E-state index contributed by atoms with van der Waals surface area (Å²) in [4.78, 5) is 19.5. The van der Waals surface area contributed by atoms with E-state index < -0.39 is 0 Å². The highest BCUT2D eigenvalue weighted by atomic mass is 32.2. The van der Waals surface area contributed by atoms with Crippen LogP contribution in [-0.2, 0) is 4.79 Å². The van der Waals surface area contributed by atoms with E-state index in [4.69, 9.17) is 0 Å². The van der Waals surface area contributed by atoms with Crippen LogP contribution in [0, 0.1) is 11.7 Å². The van der Waals surface area contributed by atoms with Crippen molar-refractivity contribution in [2.75, 3.05) is 12.3 Å².